The number of pyridine rings is 1. The van der Waals surface area contributed by atoms with E-state index < -0.39 is 5.82 Å². The lowest BCUT2D eigenvalue weighted by Crippen LogP contribution is -2.41. The molecule has 1 fully saturated rings. The smallest absolute Gasteiger partial charge is 0.174 e. The van der Waals surface area contributed by atoms with Gasteiger partial charge in [-0.3, -0.25) is 4.98 Å². The Balaban J connectivity index is 1.33. The molecule has 0 bridgehead atoms. The predicted octanol–water partition coefficient (Wildman–Crippen LogP) is 4.63. The topological polar surface area (TPSA) is 55.5 Å². The molecule has 4 heterocycles. The number of fused-ring (bicyclic) bond motifs is 2. The summed E-state index contributed by atoms with van der Waals surface area (Å²) in [6.07, 6.45) is 8.06. The van der Waals surface area contributed by atoms with E-state index in [1.807, 2.05) is 29.8 Å². The van der Waals surface area contributed by atoms with Crippen molar-refractivity contribution in [3.63, 3.8) is 0 Å². The first-order valence-corrected chi connectivity index (χ1v) is 11.4. The number of nitrogens with zero attached hydrogens (tertiary/aromatic N) is 5. The van der Waals surface area contributed by atoms with Gasteiger partial charge in [0.25, 0.3) is 0 Å². The zero-order chi connectivity index (χ0) is 22.6. The quantitative estimate of drug-likeness (QED) is 0.462. The summed E-state index contributed by atoms with van der Waals surface area (Å²) in [6, 6.07) is 11.4. The fraction of sp³-hybridized carbons (Fsp3) is 0.346. The molecule has 168 valence electrons. The Kier molecular flexibility index (Phi) is 4.60. The summed E-state index contributed by atoms with van der Waals surface area (Å²) in [5.74, 6) is 0.731. The van der Waals surface area contributed by atoms with Crippen molar-refractivity contribution >= 4 is 11.3 Å². The third-order valence-corrected chi connectivity index (χ3v) is 7.35. The lowest BCUT2D eigenvalue weighted by molar-refractivity contribution is 0.231. The van der Waals surface area contributed by atoms with Crippen LogP contribution in [0, 0.1) is 18.2 Å². The lowest BCUT2D eigenvalue weighted by Gasteiger charge is -2.40. The molecular weight excluding hydrogens is 417 g/mol. The number of hydrogen-bond acceptors (Lipinski definition) is 5. The first-order valence-electron chi connectivity index (χ1n) is 11.4. The minimum Gasteiger partial charge on any atom is -0.494 e. The summed E-state index contributed by atoms with van der Waals surface area (Å²) in [5.41, 5.74) is 5.71. The molecule has 0 radical (unpaired) electrons. The zero-order valence-corrected chi connectivity index (χ0v) is 18.9. The van der Waals surface area contributed by atoms with Gasteiger partial charge in [-0.15, -0.1) is 0 Å². The highest BCUT2D eigenvalue weighted by Gasteiger charge is 2.41. The van der Waals surface area contributed by atoms with E-state index >= 15 is 4.39 Å². The van der Waals surface area contributed by atoms with Crippen LogP contribution in [0.1, 0.15) is 29.8 Å². The van der Waals surface area contributed by atoms with Crippen LogP contribution in [0.3, 0.4) is 0 Å². The van der Waals surface area contributed by atoms with Crippen molar-refractivity contribution in [2.45, 2.75) is 32.6 Å². The normalized spacial score (nSPS) is 17.0. The van der Waals surface area contributed by atoms with Crippen molar-refractivity contribution in [2.24, 2.45) is 5.41 Å². The molecule has 0 unspecified atom stereocenters. The van der Waals surface area contributed by atoms with Gasteiger partial charge < -0.3 is 9.64 Å². The molecule has 6 rings (SSSR count). The van der Waals surface area contributed by atoms with Crippen LogP contribution in [0.4, 0.5) is 10.2 Å². The average molecular weight is 444 g/mol. The van der Waals surface area contributed by atoms with Crippen molar-refractivity contribution in [1.82, 2.24) is 19.6 Å². The number of piperidine rings is 1. The van der Waals surface area contributed by atoms with Gasteiger partial charge >= 0.3 is 0 Å². The average Bonchev–Trinajstić information content (AvgIpc) is 3.44. The summed E-state index contributed by atoms with van der Waals surface area (Å²) >= 11 is 0. The Hall–Kier alpha value is -3.48. The Labute approximate surface area is 192 Å². The highest BCUT2D eigenvalue weighted by atomic mass is 19.1. The molecule has 0 saturated carbocycles. The molecule has 2 aliphatic rings. The molecule has 33 heavy (non-hydrogen) atoms. The van der Waals surface area contributed by atoms with Crippen LogP contribution >= 0.6 is 0 Å². The number of ether oxygens (including phenoxy) is 1. The SMILES string of the molecule is COc1cccc(-c2c(C)nc(N3CCC4(CC3)Cc3cccnc3C4)c3ccnn23)c1F. The van der Waals surface area contributed by atoms with Crippen molar-refractivity contribution in [3.05, 3.63) is 71.6 Å². The van der Waals surface area contributed by atoms with Gasteiger partial charge in [-0.25, -0.2) is 13.9 Å². The standard InChI is InChI=1S/C26H26FN5O/c1-17-24(19-6-3-7-22(33-2)23(19)27)32-21(8-12-29-32)25(30-17)31-13-9-26(10-14-31)15-18-5-4-11-28-20(18)16-26/h3-8,11-12H,9-10,13-16H2,1-2H3. The third-order valence-electron chi connectivity index (χ3n) is 7.35. The molecule has 1 saturated heterocycles. The van der Waals surface area contributed by atoms with E-state index in [-0.39, 0.29) is 5.75 Å². The first kappa shape index (κ1) is 20.1. The van der Waals surface area contributed by atoms with E-state index in [9.17, 15) is 0 Å². The Morgan fingerprint density at radius 1 is 1.03 bits per heavy atom. The van der Waals surface area contributed by atoms with Crippen molar-refractivity contribution in [3.8, 4) is 17.0 Å². The molecule has 0 N–H and O–H groups in total. The van der Waals surface area contributed by atoms with Crippen LogP contribution in [0.2, 0.25) is 0 Å². The fourth-order valence-corrected chi connectivity index (χ4v) is 5.63. The Morgan fingerprint density at radius 2 is 1.88 bits per heavy atom. The van der Waals surface area contributed by atoms with E-state index in [1.54, 1.807) is 24.4 Å². The second kappa shape index (κ2) is 7.54. The van der Waals surface area contributed by atoms with E-state index in [0.29, 0.717) is 16.7 Å². The molecule has 3 aromatic heterocycles. The van der Waals surface area contributed by atoms with Gasteiger partial charge in [0, 0.05) is 30.5 Å². The van der Waals surface area contributed by atoms with Gasteiger partial charge in [-0.05, 0) is 67.9 Å². The van der Waals surface area contributed by atoms with E-state index in [1.165, 1.54) is 18.4 Å². The monoisotopic (exact) mass is 443 g/mol. The number of rotatable bonds is 3. The van der Waals surface area contributed by atoms with Gasteiger partial charge in [-0.1, -0.05) is 12.1 Å². The minimum atomic E-state index is -0.399. The maximum absolute atomic E-state index is 15.1. The minimum absolute atomic E-state index is 0.213. The van der Waals surface area contributed by atoms with Gasteiger partial charge in [0.15, 0.2) is 17.4 Å². The molecule has 1 spiro atoms. The first-order chi connectivity index (χ1) is 16.1. The molecule has 1 aliphatic heterocycles. The molecule has 0 amide bonds. The predicted molar refractivity (Wildman–Crippen MR) is 125 cm³/mol. The van der Waals surface area contributed by atoms with Crippen LogP contribution in [-0.4, -0.2) is 39.8 Å². The number of anilines is 1. The van der Waals surface area contributed by atoms with Crippen molar-refractivity contribution in [1.29, 1.82) is 0 Å². The molecule has 1 aliphatic carbocycles. The lowest BCUT2D eigenvalue weighted by atomic mass is 9.76. The van der Waals surface area contributed by atoms with Crippen LogP contribution < -0.4 is 9.64 Å². The van der Waals surface area contributed by atoms with Crippen LogP contribution in [0.15, 0.2) is 48.8 Å². The summed E-state index contributed by atoms with van der Waals surface area (Å²) in [6.45, 7) is 3.80. The summed E-state index contributed by atoms with van der Waals surface area (Å²) < 4.78 is 22.1. The number of benzene rings is 1. The molecule has 4 aromatic rings. The van der Waals surface area contributed by atoms with Gasteiger partial charge in [0.1, 0.15) is 5.52 Å². The number of methoxy groups -OCH3 is 1. The molecular formula is C26H26FN5O. The second-order valence-electron chi connectivity index (χ2n) is 9.27. The largest absolute Gasteiger partial charge is 0.494 e. The van der Waals surface area contributed by atoms with Gasteiger partial charge in [0.2, 0.25) is 0 Å². The molecule has 7 heteroatoms. The highest BCUT2D eigenvalue weighted by Crippen LogP contribution is 2.45. The van der Waals surface area contributed by atoms with Gasteiger partial charge in [-0.2, -0.15) is 5.10 Å². The van der Waals surface area contributed by atoms with Crippen molar-refractivity contribution < 1.29 is 9.13 Å². The maximum Gasteiger partial charge on any atom is 0.174 e. The fourth-order valence-electron chi connectivity index (χ4n) is 5.63. The Morgan fingerprint density at radius 3 is 2.67 bits per heavy atom. The van der Waals surface area contributed by atoms with Crippen LogP contribution in [0.25, 0.3) is 16.8 Å². The number of aromatic nitrogens is 4. The highest BCUT2D eigenvalue weighted by molar-refractivity contribution is 5.76. The zero-order valence-electron chi connectivity index (χ0n) is 18.9. The van der Waals surface area contributed by atoms with Crippen molar-refractivity contribution in [2.75, 3.05) is 25.1 Å². The second-order valence-corrected chi connectivity index (χ2v) is 9.27. The summed E-state index contributed by atoms with van der Waals surface area (Å²) in [5, 5.41) is 4.54. The van der Waals surface area contributed by atoms with Crippen LogP contribution in [0.5, 0.6) is 5.75 Å². The molecule has 6 nitrogen and oxygen atoms in total. The number of aryl methyl sites for hydroxylation is 1. The number of halogens is 1. The third kappa shape index (κ3) is 3.17. The molecule has 0 atom stereocenters. The Bertz CT molecular complexity index is 1330. The van der Waals surface area contributed by atoms with Gasteiger partial charge in [0.05, 0.1) is 24.7 Å². The number of hydrogen-bond donors (Lipinski definition) is 0. The summed E-state index contributed by atoms with van der Waals surface area (Å²) in [4.78, 5) is 11.9. The molecule has 1 aromatic carbocycles. The summed E-state index contributed by atoms with van der Waals surface area (Å²) in [7, 11) is 1.47. The van der Waals surface area contributed by atoms with E-state index in [4.69, 9.17) is 9.72 Å². The maximum atomic E-state index is 15.1. The van der Waals surface area contributed by atoms with Crippen LogP contribution in [-0.2, 0) is 12.8 Å². The van der Waals surface area contributed by atoms with E-state index in [0.717, 1.165) is 55.8 Å². The van der Waals surface area contributed by atoms with E-state index in [2.05, 4.69) is 21.0 Å².